The van der Waals surface area contributed by atoms with Gasteiger partial charge in [-0.1, -0.05) is 24.6 Å². The average Bonchev–Trinajstić information content (AvgIpc) is 3.23. The summed E-state index contributed by atoms with van der Waals surface area (Å²) in [5.41, 5.74) is 2.32. The van der Waals surface area contributed by atoms with Crippen LogP contribution >= 0.6 is 22.9 Å². The quantitative estimate of drug-likeness (QED) is 0.526. The molecule has 1 aromatic heterocycles. The molecule has 1 unspecified atom stereocenters. The zero-order valence-electron chi connectivity index (χ0n) is 15.3. The van der Waals surface area contributed by atoms with Gasteiger partial charge in [0.15, 0.2) is 5.60 Å². The highest BCUT2D eigenvalue weighted by atomic mass is 35.5. The van der Waals surface area contributed by atoms with E-state index in [0.29, 0.717) is 12.1 Å². The molecule has 144 valence electrons. The van der Waals surface area contributed by atoms with Gasteiger partial charge in [0, 0.05) is 24.0 Å². The molecule has 1 N–H and O–H groups in total. The second kappa shape index (κ2) is 7.11. The number of hydrogen-bond donors (Lipinski definition) is 1. The number of ether oxygens (including phenoxy) is 1. The zero-order chi connectivity index (χ0) is 19.9. The van der Waals surface area contributed by atoms with Crippen LogP contribution in [0.15, 0.2) is 53.9 Å². The molecule has 0 aliphatic carbocycles. The largest absolute Gasteiger partial charge is 0.432 e. The molecule has 2 heterocycles. The fourth-order valence-corrected chi connectivity index (χ4v) is 4.60. The molecule has 7 heteroatoms. The number of halogens is 2. The highest BCUT2D eigenvalue weighted by molar-refractivity contribution is 7.10. The molecule has 0 saturated heterocycles. The Labute approximate surface area is 171 Å². The van der Waals surface area contributed by atoms with Crippen molar-refractivity contribution in [3.63, 3.8) is 0 Å². The normalized spacial score (nSPS) is 18.6. The number of nitrogens with zero attached hydrogens (tertiary/aromatic N) is 1. The molecular formula is C21H18ClFN2O2S. The van der Waals surface area contributed by atoms with Crippen molar-refractivity contribution < 1.29 is 13.9 Å². The third-order valence-electron chi connectivity index (χ3n) is 4.95. The third kappa shape index (κ3) is 3.02. The van der Waals surface area contributed by atoms with Crippen LogP contribution in [0.2, 0.25) is 5.02 Å². The van der Waals surface area contributed by atoms with Crippen molar-refractivity contribution in [2.45, 2.75) is 18.9 Å². The summed E-state index contributed by atoms with van der Waals surface area (Å²) < 4.78 is 19.4. The molecule has 0 spiro atoms. The number of amides is 1. The Hall–Kier alpha value is -2.57. The summed E-state index contributed by atoms with van der Waals surface area (Å²) in [6.07, 6.45) is 0.222. The van der Waals surface area contributed by atoms with Crippen molar-refractivity contribution in [3.8, 4) is 0 Å². The van der Waals surface area contributed by atoms with Gasteiger partial charge in [0.1, 0.15) is 5.82 Å². The second-order valence-electron chi connectivity index (χ2n) is 6.57. The summed E-state index contributed by atoms with van der Waals surface area (Å²) in [5.74, 6) is -0.464. The van der Waals surface area contributed by atoms with E-state index in [2.05, 4.69) is 5.32 Å². The molecule has 4 nitrogen and oxygen atoms in total. The lowest BCUT2D eigenvalue weighted by molar-refractivity contribution is 0.0380. The first-order chi connectivity index (χ1) is 13.4. The number of fused-ring (bicyclic) bond motifs is 1. The molecule has 3 aromatic rings. The van der Waals surface area contributed by atoms with Gasteiger partial charge in [0.05, 0.1) is 15.6 Å². The molecule has 0 radical (unpaired) electrons. The van der Waals surface area contributed by atoms with Crippen molar-refractivity contribution >= 4 is 46.1 Å². The monoisotopic (exact) mass is 416 g/mol. The molecule has 1 amide bonds. The van der Waals surface area contributed by atoms with Crippen LogP contribution in [0, 0.1) is 5.82 Å². The fraction of sp³-hybridized carbons (Fsp3) is 0.190. The highest BCUT2D eigenvalue weighted by Gasteiger charge is 2.45. The van der Waals surface area contributed by atoms with E-state index < -0.39 is 11.4 Å². The lowest BCUT2D eigenvalue weighted by Crippen LogP contribution is -2.44. The average molecular weight is 417 g/mol. The van der Waals surface area contributed by atoms with E-state index in [9.17, 15) is 9.18 Å². The highest BCUT2D eigenvalue weighted by Crippen LogP contribution is 2.48. The van der Waals surface area contributed by atoms with Crippen LogP contribution in [0.25, 0.3) is 0 Å². The molecule has 0 saturated carbocycles. The number of cyclic esters (lactones) is 1. The number of carbonyl (C=O) groups excluding carboxylic acids is 1. The van der Waals surface area contributed by atoms with Crippen molar-refractivity contribution in [1.29, 1.82) is 0 Å². The SMILES string of the molecule is CCC1(c2cccs2)OC(=O)N(C)c2ccc(Nc3ccc(F)c(Cl)c3)cc21. The van der Waals surface area contributed by atoms with E-state index in [-0.39, 0.29) is 11.1 Å². The summed E-state index contributed by atoms with van der Waals surface area (Å²) >= 11 is 7.45. The molecule has 4 rings (SSSR count). The van der Waals surface area contributed by atoms with E-state index in [1.54, 1.807) is 24.5 Å². The standard InChI is InChI=1S/C21H18ClFN2O2S/c1-3-21(19-5-4-10-28-19)15-11-13(7-9-18(15)25(2)20(26)27-21)24-14-6-8-17(23)16(22)12-14/h4-12,24H,3H2,1-2H3. The van der Waals surface area contributed by atoms with Gasteiger partial charge in [0.25, 0.3) is 0 Å². The Balaban J connectivity index is 1.81. The van der Waals surface area contributed by atoms with Crippen molar-refractivity contribution in [1.82, 2.24) is 0 Å². The van der Waals surface area contributed by atoms with E-state index >= 15 is 0 Å². The molecule has 0 fully saturated rings. The lowest BCUT2D eigenvalue weighted by atomic mass is 9.86. The maximum Gasteiger partial charge on any atom is 0.415 e. The van der Waals surface area contributed by atoms with Gasteiger partial charge >= 0.3 is 6.09 Å². The minimum Gasteiger partial charge on any atom is -0.432 e. The number of thiophene rings is 1. The maximum absolute atomic E-state index is 13.4. The minimum atomic E-state index is -0.842. The summed E-state index contributed by atoms with van der Waals surface area (Å²) in [6.45, 7) is 2.00. The number of carbonyl (C=O) groups is 1. The predicted octanol–water partition coefficient (Wildman–Crippen LogP) is 6.52. The Kier molecular flexibility index (Phi) is 4.77. The lowest BCUT2D eigenvalue weighted by Gasteiger charge is -2.40. The summed E-state index contributed by atoms with van der Waals surface area (Å²) in [6, 6.07) is 14.1. The molecule has 1 aliphatic rings. The van der Waals surface area contributed by atoms with E-state index in [0.717, 1.165) is 21.8 Å². The van der Waals surface area contributed by atoms with Crippen molar-refractivity contribution in [2.75, 3.05) is 17.3 Å². The molecule has 2 aromatic carbocycles. The number of anilines is 3. The smallest absolute Gasteiger partial charge is 0.415 e. The van der Waals surface area contributed by atoms with Gasteiger partial charge in [-0.15, -0.1) is 11.3 Å². The summed E-state index contributed by atoms with van der Waals surface area (Å²) in [5, 5.41) is 5.28. The van der Waals surface area contributed by atoms with E-state index in [1.165, 1.54) is 17.0 Å². The molecular weight excluding hydrogens is 399 g/mol. The number of benzene rings is 2. The van der Waals surface area contributed by atoms with Crippen LogP contribution in [0.3, 0.4) is 0 Å². The van der Waals surface area contributed by atoms with Gasteiger partial charge in [-0.3, -0.25) is 4.90 Å². The van der Waals surface area contributed by atoms with E-state index in [1.807, 2.05) is 42.6 Å². The number of nitrogens with one attached hydrogen (secondary N) is 1. The maximum atomic E-state index is 13.4. The molecule has 1 aliphatic heterocycles. The van der Waals surface area contributed by atoms with Crippen LogP contribution in [0.1, 0.15) is 23.8 Å². The van der Waals surface area contributed by atoms with Crippen LogP contribution < -0.4 is 10.2 Å². The Bertz CT molecular complexity index is 1040. The Morgan fingerprint density at radius 1 is 1.21 bits per heavy atom. The summed E-state index contributed by atoms with van der Waals surface area (Å²) in [7, 11) is 1.70. The number of rotatable bonds is 4. The zero-order valence-corrected chi connectivity index (χ0v) is 16.9. The summed E-state index contributed by atoms with van der Waals surface area (Å²) in [4.78, 5) is 15.0. The van der Waals surface area contributed by atoms with Crippen LogP contribution in [-0.2, 0) is 10.3 Å². The predicted molar refractivity (Wildman–Crippen MR) is 111 cm³/mol. The van der Waals surface area contributed by atoms with Crippen LogP contribution in [0.5, 0.6) is 0 Å². The second-order valence-corrected chi connectivity index (χ2v) is 7.93. The van der Waals surface area contributed by atoms with Gasteiger partial charge in [-0.2, -0.15) is 0 Å². The molecule has 28 heavy (non-hydrogen) atoms. The van der Waals surface area contributed by atoms with Gasteiger partial charge in [-0.25, -0.2) is 9.18 Å². The molecule has 0 bridgehead atoms. The first kappa shape index (κ1) is 18.8. The Morgan fingerprint density at radius 2 is 1.96 bits per heavy atom. The van der Waals surface area contributed by atoms with Crippen LogP contribution in [-0.4, -0.2) is 13.1 Å². The van der Waals surface area contributed by atoms with Gasteiger partial charge < -0.3 is 10.1 Å². The van der Waals surface area contributed by atoms with Crippen molar-refractivity contribution in [3.05, 3.63) is 75.2 Å². The minimum absolute atomic E-state index is 0.0538. The third-order valence-corrected chi connectivity index (χ3v) is 6.26. The Morgan fingerprint density at radius 3 is 2.64 bits per heavy atom. The topological polar surface area (TPSA) is 41.6 Å². The van der Waals surface area contributed by atoms with Crippen molar-refractivity contribution in [2.24, 2.45) is 0 Å². The number of hydrogen-bond acceptors (Lipinski definition) is 4. The van der Waals surface area contributed by atoms with Gasteiger partial charge in [-0.05, 0) is 54.3 Å². The molecule has 1 atom stereocenters. The van der Waals surface area contributed by atoms with E-state index in [4.69, 9.17) is 16.3 Å². The first-order valence-electron chi connectivity index (χ1n) is 8.82. The van der Waals surface area contributed by atoms with Gasteiger partial charge in [0.2, 0.25) is 0 Å². The first-order valence-corrected chi connectivity index (χ1v) is 10.1. The van der Waals surface area contributed by atoms with Crippen LogP contribution in [0.4, 0.5) is 26.2 Å². The fourth-order valence-electron chi connectivity index (χ4n) is 3.47.